The van der Waals surface area contributed by atoms with Crippen LogP contribution >= 0.6 is 11.8 Å². The third kappa shape index (κ3) is 2.50. The van der Waals surface area contributed by atoms with Gasteiger partial charge in [0.2, 0.25) is 0 Å². The van der Waals surface area contributed by atoms with Gasteiger partial charge in [-0.1, -0.05) is 49.6 Å². The standard InChI is InChI=1S/C19H23NOS/c21-17-12-7-10-15(17)19-20(14-8-3-1-2-4-9-14)16-11-5-6-13-18(16)22-19/h5-6,11,13-14H,1-4,7-10,12H2/b19-15-. The maximum atomic E-state index is 12.3. The van der Waals surface area contributed by atoms with Crippen LogP contribution in [0.25, 0.3) is 0 Å². The molecule has 0 amide bonds. The molecular weight excluding hydrogens is 290 g/mol. The molecule has 0 atom stereocenters. The first-order chi connectivity index (χ1) is 10.8. The SMILES string of the molecule is O=C1CCC/C1=C1/Sc2ccccc2N1C1CCCCCC1. The molecule has 0 saturated heterocycles. The number of benzene rings is 1. The number of Topliss-reactive ketones (excluding diaryl/α,β-unsaturated/α-hetero) is 1. The lowest BCUT2D eigenvalue weighted by atomic mass is 10.1. The maximum absolute atomic E-state index is 12.3. The lowest BCUT2D eigenvalue weighted by molar-refractivity contribution is -0.114. The second-order valence-electron chi connectivity index (χ2n) is 6.65. The number of anilines is 1. The molecule has 116 valence electrons. The molecule has 0 bridgehead atoms. The predicted octanol–water partition coefficient (Wildman–Crippen LogP) is 5.29. The van der Waals surface area contributed by atoms with Gasteiger partial charge in [-0.3, -0.25) is 4.79 Å². The molecule has 0 unspecified atom stereocenters. The Kier molecular flexibility index (Phi) is 4.00. The van der Waals surface area contributed by atoms with Gasteiger partial charge in [0.25, 0.3) is 0 Å². The molecule has 1 heterocycles. The van der Waals surface area contributed by atoms with Gasteiger partial charge in [0.1, 0.15) is 0 Å². The Labute approximate surface area is 137 Å². The minimum Gasteiger partial charge on any atom is -0.332 e. The summed E-state index contributed by atoms with van der Waals surface area (Å²) in [7, 11) is 0. The Morgan fingerprint density at radius 3 is 2.45 bits per heavy atom. The van der Waals surface area contributed by atoms with Crippen LogP contribution in [0.2, 0.25) is 0 Å². The zero-order valence-electron chi connectivity index (χ0n) is 13.0. The Morgan fingerprint density at radius 1 is 0.955 bits per heavy atom. The smallest absolute Gasteiger partial charge is 0.161 e. The highest BCUT2D eigenvalue weighted by Crippen LogP contribution is 2.51. The van der Waals surface area contributed by atoms with Crippen molar-refractivity contribution < 1.29 is 4.79 Å². The summed E-state index contributed by atoms with van der Waals surface area (Å²) in [5.74, 6) is 0.383. The van der Waals surface area contributed by atoms with E-state index in [1.165, 1.54) is 54.1 Å². The zero-order chi connectivity index (χ0) is 14.9. The number of para-hydroxylation sites is 1. The average molecular weight is 313 g/mol. The van der Waals surface area contributed by atoms with Gasteiger partial charge in [0.05, 0.1) is 10.7 Å². The highest BCUT2D eigenvalue weighted by atomic mass is 32.2. The first-order valence-corrected chi connectivity index (χ1v) is 9.49. The lowest BCUT2D eigenvalue weighted by Gasteiger charge is -2.31. The van der Waals surface area contributed by atoms with Gasteiger partial charge in [-0.15, -0.1) is 0 Å². The number of hydrogen-bond acceptors (Lipinski definition) is 3. The molecule has 1 aromatic rings. The van der Waals surface area contributed by atoms with E-state index in [9.17, 15) is 4.79 Å². The van der Waals surface area contributed by atoms with Crippen molar-refractivity contribution >= 4 is 23.2 Å². The topological polar surface area (TPSA) is 20.3 Å². The number of ketones is 1. The maximum Gasteiger partial charge on any atom is 0.161 e. The minimum atomic E-state index is 0.383. The van der Waals surface area contributed by atoms with E-state index >= 15 is 0 Å². The Hall–Kier alpha value is -1.22. The van der Waals surface area contributed by atoms with Crippen LogP contribution in [-0.4, -0.2) is 11.8 Å². The van der Waals surface area contributed by atoms with Crippen LogP contribution in [0, 0.1) is 0 Å². The third-order valence-electron chi connectivity index (χ3n) is 5.17. The van der Waals surface area contributed by atoms with Crippen molar-refractivity contribution in [3.05, 3.63) is 34.9 Å². The van der Waals surface area contributed by atoms with Gasteiger partial charge < -0.3 is 4.90 Å². The van der Waals surface area contributed by atoms with Crippen molar-refractivity contribution in [2.24, 2.45) is 0 Å². The summed E-state index contributed by atoms with van der Waals surface area (Å²) in [6.07, 6.45) is 10.7. The molecule has 1 aromatic carbocycles. The fourth-order valence-electron chi connectivity index (χ4n) is 4.03. The summed E-state index contributed by atoms with van der Waals surface area (Å²) < 4.78 is 0. The van der Waals surface area contributed by atoms with Gasteiger partial charge >= 0.3 is 0 Å². The molecule has 3 heteroatoms. The van der Waals surface area contributed by atoms with E-state index in [1.807, 2.05) is 11.8 Å². The predicted molar refractivity (Wildman–Crippen MR) is 92.2 cm³/mol. The highest BCUT2D eigenvalue weighted by Gasteiger charge is 2.35. The van der Waals surface area contributed by atoms with Crippen molar-refractivity contribution in [1.82, 2.24) is 0 Å². The lowest BCUT2D eigenvalue weighted by Crippen LogP contribution is -2.32. The van der Waals surface area contributed by atoms with Gasteiger partial charge in [0, 0.05) is 22.9 Å². The number of thioether (sulfide) groups is 1. The van der Waals surface area contributed by atoms with Gasteiger partial charge in [-0.2, -0.15) is 0 Å². The second kappa shape index (κ2) is 6.11. The van der Waals surface area contributed by atoms with E-state index in [4.69, 9.17) is 0 Å². The van der Waals surface area contributed by atoms with Gasteiger partial charge in [-0.25, -0.2) is 0 Å². The van der Waals surface area contributed by atoms with E-state index in [-0.39, 0.29) is 0 Å². The van der Waals surface area contributed by atoms with Crippen molar-refractivity contribution in [1.29, 1.82) is 0 Å². The number of carbonyl (C=O) groups excluding carboxylic acids is 1. The Morgan fingerprint density at radius 2 is 1.73 bits per heavy atom. The van der Waals surface area contributed by atoms with E-state index in [2.05, 4.69) is 29.2 Å². The molecule has 4 rings (SSSR count). The highest BCUT2D eigenvalue weighted by molar-refractivity contribution is 8.03. The molecule has 2 nitrogen and oxygen atoms in total. The summed E-state index contributed by atoms with van der Waals surface area (Å²) in [4.78, 5) is 16.2. The van der Waals surface area contributed by atoms with Crippen LogP contribution in [0.15, 0.2) is 39.8 Å². The number of carbonyl (C=O) groups is 1. The normalized spacial score (nSPS) is 26.4. The van der Waals surface area contributed by atoms with Crippen molar-refractivity contribution in [3.8, 4) is 0 Å². The number of hydrogen-bond donors (Lipinski definition) is 0. The monoisotopic (exact) mass is 313 g/mol. The molecule has 2 saturated carbocycles. The molecule has 0 N–H and O–H groups in total. The van der Waals surface area contributed by atoms with Crippen LogP contribution in [0.5, 0.6) is 0 Å². The van der Waals surface area contributed by atoms with Gasteiger partial charge in [0.15, 0.2) is 5.78 Å². The average Bonchev–Trinajstić information content (AvgIpc) is 3.01. The van der Waals surface area contributed by atoms with Crippen LogP contribution < -0.4 is 4.90 Å². The first kappa shape index (κ1) is 14.4. The van der Waals surface area contributed by atoms with Crippen molar-refractivity contribution in [3.63, 3.8) is 0 Å². The quantitative estimate of drug-likeness (QED) is 0.519. The summed E-state index contributed by atoms with van der Waals surface area (Å²) >= 11 is 1.83. The van der Waals surface area contributed by atoms with Crippen LogP contribution in [0.1, 0.15) is 57.8 Å². The molecular formula is C19H23NOS. The number of fused-ring (bicyclic) bond motifs is 1. The zero-order valence-corrected chi connectivity index (χ0v) is 13.8. The summed E-state index contributed by atoms with van der Waals surface area (Å²) in [6.45, 7) is 0. The number of allylic oxidation sites excluding steroid dienone is 1. The molecule has 0 aromatic heterocycles. The molecule has 1 aliphatic heterocycles. The van der Waals surface area contributed by atoms with E-state index in [0.717, 1.165) is 24.8 Å². The summed E-state index contributed by atoms with van der Waals surface area (Å²) in [5.41, 5.74) is 2.44. The molecule has 22 heavy (non-hydrogen) atoms. The van der Waals surface area contributed by atoms with Crippen LogP contribution in [0.4, 0.5) is 5.69 Å². The van der Waals surface area contributed by atoms with E-state index in [1.54, 1.807) is 0 Å². The van der Waals surface area contributed by atoms with Crippen molar-refractivity contribution in [2.45, 2.75) is 68.7 Å². The molecule has 0 radical (unpaired) electrons. The van der Waals surface area contributed by atoms with Crippen molar-refractivity contribution in [2.75, 3.05) is 4.90 Å². The molecule has 3 aliphatic rings. The fourth-order valence-corrected chi connectivity index (χ4v) is 5.34. The van der Waals surface area contributed by atoms with E-state index < -0.39 is 0 Å². The van der Waals surface area contributed by atoms with E-state index in [0.29, 0.717) is 11.8 Å². The Bertz CT molecular complexity index is 614. The van der Waals surface area contributed by atoms with Crippen LogP contribution in [-0.2, 0) is 4.79 Å². The number of nitrogens with zero attached hydrogens (tertiary/aromatic N) is 1. The minimum absolute atomic E-state index is 0.383. The number of rotatable bonds is 1. The first-order valence-electron chi connectivity index (χ1n) is 8.67. The molecule has 2 aliphatic carbocycles. The van der Waals surface area contributed by atoms with Gasteiger partial charge in [-0.05, 0) is 37.8 Å². The molecule has 0 spiro atoms. The molecule has 2 fully saturated rings. The Balaban J connectivity index is 1.77. The summed E-state index contributed by atoms with van der Waals surface area (Å²) in [6, 6.07) is 9.26. The fraction of sp³-hybridized carbons (Fsp3) is 0.526. The largest absolute Gasteiger partial charge is 0.332 e. The van der Waals surface area contributed by atoms with Crippen LogP contribution in [0.3, 0.4) is 0 Å². The third-order valence-corrected chi connectivity index (χ3v) is 6.37. The second-order valence-corrected chi connectivity index (χ2v) is 7.68. The summed E-state index contributed by atoms with van der Waals surface area (Å²) in [5, 5.41) is 1.26.